The minimum Gasteiger partial charge on any atom is -0.465 e. The first-order valence-corrected chi connectivity index (χ1v) is 18.7. The van der Waals surface area contributed by atoms with Crippen molar-refractivity contribution in [2.75, 3.05) is 35.3 Å². The lowest BCUT2D eigenvalue weighted by Crippen LogP contribution is -2.32. The van der Waals surface area contributed by atoms with E-state index >= 15 is 0 Å². The van der Waals surface area contributed by atoms with Crippen molar-refractivity contribution in [3.63, 3.8) is 0 Å². The molecule has 0 atom stereocenters. The number of nitrogens with zero attached hydrogens (tertiary/aromatic N) is 1. The summed E-state index contributed by atoms with van der Waals surface area (Å²) in [6.45, 7) is 3.22. The molecule has 0 aromatic heterocycles. The number of halogens is 3. The number of ether oxygens (including phenoxy) is 2. The maximum atomic E-state index is 14.3. The Morgan fingerprint density at radius 1 is 0.714 bits per heavy atom. The van der Waals surface area contributed by atoms with Gasteiger partial charge >= 0.3 is 11.9 Å². The predicted octanol–water partition coefficient (Wildman–Crippen LogP) is 6.77. The molecule has 1 N–H and O–H groups in total. The molecule has 4 rings (SSSR count). The maximum absolute atomic E-state index is 14.3. The van der Waals surface area contributed by atoms with Crippen molar-refractivity contribution in [3.8, 4) is 0 Å². The first kappa shape index (κ1) is 40.6. The van der Waals surface area contributed by atoms with Gasteiger partial charge in [0.15, 0.2) is 0 Å². The molecule has 0 radical (unpaired) electrons. The number of rotatable bonds is 11. The minimum atomic E-state index is -3.58. The van der Waals surface area contributed by atoms with Gasteiger partial charge in [0, 0.05) is 34.0 Å². The van der Waals surface area contributed by atoms with Crippen molar-refractivity contribution >= 4 is 53.1 Å². The van der Waals surface area contributed by atoms with Crippen LogP contribution < -0.4 is 9.62 Å². The summed E-state index contributed by atoms with van der Waals surface area (Å²) in [6.07, 6.45) is 0. The molecular weight excluding hydrogens is 702 g/mol. The van der Waals surface area contributed by atoms with E-state index in [1.807, 2.05) is 30.3 Å². The van der Waals surface area contributed by atoms with Gasteiger partial charge in [0.1, 0.15) is 11.6 Å². The van der Waals surface area contributed by atoms with Gasteiger partial charge < -0.3 is 14.8 Å². The third-order valence-corrected chi connectivity index (χ3v) is 9.69. The van der Waals surface area contributed by atoms with E-state index in [4.69, 9.17) is 0 Å². The number of hydrogen-bond donors (Lipinski definition) is 1. The molecule has 0 saturated carbocycles. The number of esters is 2. The van der Waals surface area contributed by atoms with E-state index in [0.717, 1.165) is 16.1 Å². The summed E-state index contributed by atoms with van der Waals surface area (Å²) in [5.74, 6) is -2.38. The standard InChI is InChI=1S/C17H18FNO4S.C15H14FNO2.C2H5ClO2S/c1-3-24(21,22)19(15-7-5-4-6-8-15)12-14-10-9-13(11-16(14)18)17(20)23-2;1-19-15(18)11-7-8-12(14(16)9-11)10-17-13-5-3-2-4-6-13;1-2-6(3,4)5/h4-11H,3,12H2,1-2H3;2-9,17H,10H2,1H3;2H2,1H3. The van der Waals surface area contributed by atoms with Gasteiger partial charge in [-0.1, -0.05) is 55.5 Å². The highest BCUT2D eigenvalue weighted by molar-refractivity contribution is 8.13. The van der Waals surface area contributed by atoms with Crippen LogP contribution in [0.3, 0.4) is 0 Å². The van der Waals surface area contributed by atoms with Crippen LogP contribution in [-0.2, 0) is 41.6 Å². The fraction of sp³-hybridized carbons (Fsp3) is 0.235. The number of methoxy groups -OCH3 is 2. The molecule has 4 aromatic carbocycles. The number of carbonyl (C=O) groups is 2. The van der Waals surface area contributed by atoms with E-state index < -0.39 is 42.6 Å². The molecule has 0 spiro atoms. The van der Waals surface area contributed by atoms with Gasteiger partial charge in [0.05, 0.1) is 49.1 Å². The van der Waals surface area contributed by atoms with E-state index in [-0.39, 0.29) is 34.7 Å². The Balaban J connectivity index is 0.000000297. The highest BCUT2D eigenvalue weighted by Crippen LogP contribution is 2.23. The van der Waals surface area contributed by atoms with Crippen molar-refractivity contribution in [2.24, 2.45) is 0 Å². The van der Waals surface area contributed by atoms with Crippen LogP contribution in [0.5, 0.6) is 0 Å². The Bertz CT molecular complexity index is 1900. The summed E-state index contributed by atoms with van der Waals surface area (Å²) < 4.78 is 82.6. The molecule has 0 aliphatic rings. The average Bonchev–Trinajstić information content (AvgIpc) is 3.10. The van der Waals surface area contributed by atoms with Gasteiger partial charge in [-0.05, 0) is 55.5 Å². The van der Waals surface area contributed by atoms with Gasteiger partial charge in [-0.3, -0.25) is 4.31 Å². The van der Waals surface area contributed by atoms with Crippen LogP contribution in [0, 0.1) is 11.6 Å². The van der Waals surface area contributed by atoms with Crippen LogP contribution in [0.2, 0.25) is 0 Å². The molecular formula is C34H37ClF2N2O8S2. The first-order valence-electron chi connectivity index (χ1n) is 14.7. The van der Waals surface area contributed by atoms with Crippen LogP contribution in [0.4, 0.5) is 20.2 Å². The quantitative estimate of drug-likeness (QED) is 0.131. The number of anilines is 2. The zero-order chi connectivity index (χ0) is 36.6. The van der Waals surface area contributed by atoms with Gasteiger partial charge in [-0.2, -0.15) is 0 Å². The van der Waals surface area contributed by atoms with Gasteiger partial charge in [-0.25, -0.2) is 35.2 Å². The first-order chi connectivity index (χ1) is 23.1. The maximum Gasteiger partial charge on any atom is 0.337 e. The lowest BCUT2D eigenvalue weighted by Gasteiger charge is -2.24. The number of carbonyl (C=O) groups excluding carboxylic acids is 2. The zero-order valence-corrected chi connectivity index (χ0v) is 29.6. The number of hydrogen-bond acceptors (Lipinski definition) is 9. The molecule has 0 unspecified atom stereocenters. The Hall–Kier alpha value is -4.53. The second kappa shape index (κ2) is 19.5. The summed E-state index contributed by atoms with van der Waals surface area (Å²) in [5.41, 5.74) is 2.32. The van der Waals surface area contributed by atoms with Crippen molar-refractivity contribution in [1.82, 2.24) is 0 Å². The number of benzene rings is 4. The molecule has 0 fully saturated rings. The van der Waals surface area contributed by atoms with Crippen molar-refractivity contribution in [3.05, 3.63) is 131 Å². The second-order valence-electron chi connectivity index (χ2n) is 9.89. The lowest BCUT2D eigenvalue weighted by atomic mass is 10.1. The van der Waals surface area contributed by atoms with Gasteiger partial charge in [-0.15, -0.1) is 0 Å². The van der Waals surface area contributed by atoms with Crippen molar-refractivity contribution in [2.45, 2.75) is 26.9 Å². The minimum absolute atomic E-state index is 0.00849. The topological polar surface area (TPSA) is 136 Å². The summed E-state index contributed by atoms with van der Waals surface area (Å²) in [4.78, 5) is 22.7. The fourth-order valence-corrected chi connectivity index (χ4v) is 4.95. The number of nitrogens with one attached hydrogen (secondary N) is 1. The molecule has 49 heavy (non-hydrogen) atoms. The molecule has 0 bridgehead atoms. The Labute approximate surface area is 290 Å². The molecule has 10 nitrogen and oxygen atoms in total. The average molecular weight is 739 g/mol. The van der Waals surface area contributed by atoms with Crippen LogP contribution in [0.25, 0.3) is 0 Å². The van der Waals surface area contributed by atoms with Crippen molar-refractivity contribution in [1.29, 1.82) is 0 Å². The highest BCUT2D eigenvalue weighted by Gasteiger charge is 2.22. The number of sulfonamides is 1. The van der Waals surface area contributed by atoms with E-state index in [0.29, 0.717) is 17.8 Å². The van der Waals surface area contributed by atoms with Gasteiger partial charge in [0.2, 0.25) is 19.1 Å². The monoisotopic (exact) mass is 738 g/mol. The summed E-state index contributed by atoms with van der Waals surface area (Å²) in [7, 11) is 0.392. The van der Waals surface area contributed by atoms with Crippen molar-refractivity contribution < 1.29 is 44.7 Å². The molecule has 0 aliphatic heterocycles. The Morgan fingerprint density at radius 3 is 1.57 bits per heavy atom. The van der Waals surface area contributed by atoms with Crippen LogP contribution in [0.1, 0.15) is 45.7 Å². The summed E-state index contributed by atoms with van der Waals surface area (Å²) >= 11 is 0. The molecule has 0 saturated heterocycles. The van der Waals surface area contributed by atoms with Gasteiger partial charge in [0.25, 0.3) is 0 Å². The summed E-state index contributed by atoms with van der Waals surface area (Å²) in [5, 5.41) is 3.11. The molecule has 0 amide bonds. The van der Waals surface area contributed by atoms with E-state index in [1.54, 1.807) is 42.5 Å². The molecule has 0 heterocycles. The number of para-hydroxylation sites is 2. The molecule has 0 aliphatic carbocycles. The Kier molecular flexibility index (Phi) is 16.1. The predicted molar refractivity (Wildman–Crippen MR) is 187 cm³/mol. The molecule has 4 aromatic rings. The van der Waals surface area contributed by atoms with E-state index in [2.05, 4.69) is 25.5 Å². The second-order valence-corrected chi connectivity index (χ2v) is 15.1. The third kappa shape index (κ3) is 13.5. The fourth-order valence-electron chi connectivity index (χ4n) is 3.86. The third-order valence-electron chi connectivity index (χ3n) is 6.61. The van der Waals surface area contributed by atoms with Crippen LogP contribution >= 0.6 is 10.7 Å². The zero-order valence-electron chi connectivity index (χ0n) is 27.2. The normalized spacial score (nSPS) is 10.8. The smallest absolute Gasteiger partial charge is 0.337 e. The Morgan fingerprint density at radius 2 is 1.16 bits per heavy atom. The highest BCUT2D eigenvalue weighted by atomic mass is 35.7. The molecule has 15 heteroatoms. The SMILES string of the molecule is CCS(=O)(=O)Cl.CCS(=O)(=O)N(Cc1ccc(C(=O)OC)cc1F)c1ccccc1.COC(=O)c1ccc(CNc2ccccc2)c(F)c1. The molecule has 264 valence electrons. The largest absolute Gasteiger partial charge is 0.465 e. The van der Waals surface area contributed by atoms with Crippen LogP contribution in [-0.4, -0.2) is 54.5 Å². The van der Waals surface area contributed by atoms with E-state index in [9.17, 15) is 35.2 Å². The summed E-state index contributed by atoms with van der Waals surface area (Å²) in [6, 6.07) is 26.2. The van der Waals surface area contributed by atoms with E-state index in [1.165, 1.54) is 46.3 Å². The lowest BCUT2D eigenvalue weighted by molar-refractivity contribution is 0.0591. The van der Waals surface area contributed by atoms with Crippen LogP contribution in [0.15, 0.2) is 97.1 Å².